The van der Waals surface area contributed by atoms with Gasteiger partial charge < -0.3 is 14.2 Å². The maximum atomic E-state index is 12.6. The molecule has 0 heterocycles. The molecule has 0 unspecified atom stereocenters. The first kappa shape index (κ1) is 24.0. The van der Waals surface area contributed by atoms with Crippen molar-refractivity contribution in [1.29, 1.82) is 0 Å². The molecule has 33 heavy (non-hydrogen) atoms. The Balaban J connectivity index is 1.52. The summed E-state index contributed by atoms with van der Waals surface area (Å²) >= 11 is 0. The van der Waals surface area contributed by atoms with E-state index in [1.807, 2.05) is 36.5 Å². The van der Waals surface area contributed by atoms with E-state index in [9.17, 15) is 14.4 Å². The van der Waals surface area contributed by atoms with Crippen molar-refractivity contribution in [2.45, 2.75) is 44.9 Å². The van der Waals surface area contributed by atoms with E-state index >= 15 is 0 Å². The summed E-state index contributed by atoms with van der Waals surface area (Å²) in [5.74, 6) is 0.0868. The van der Waals surface area contributed by atoms with Crippen molar-refractivity contribution >= 4 is 17.9 Å². The van der Waals surface area contributed by atoms with Crippen LogP contribution in [0.5, 0.6) is 0 Å². The Labute approximate surface area is 194 Å². The van der Waals surface area contributed by atoms with E-state index in [4.69, 9.17) is 14.2 Å². The Bertz CT molecular complexity index is 1030. The fourth-order valence-electron chi connectivity index (χ4n) is 3.70. The number of ether oxygens (including phenoxy) is 3. The van der Waals surface area contributed by atoms with Gasteiger partial charge in [0.15, 0.2) is 0 Å². The van der Waals surface area contributed by atoms with Crippen LogP contribution in [0.25, 0.3) is 0 Å². The zero-order valence-corrected chi connectivity index (χ0v) is 18.6. The smallest absolute Gasteiger partial charge is 0.339 e. The summed E-state index contributed by atoms with van der Waals surface area (Å²) in [5.41, 5.74) is 4.16. The van der Waals surface area contributed by atoms with E-state index in [2.05, 4.69) is 13.2 Å². The van der Waals surface area contributed by atoms with Crippen LogP contribution in [0.2, 0.25) is 0 Å². The summed E-state index contributed by atoms with van der Waals surface area (Å²) in [6.45, 7) is 7.08. The molecule has 172 valence electrons. The lowest BCUT2D eigenvalue weighted by Crippen LogP contribution is -2.12. The minimum atomic E-state index is -0.449. The molecule has 0 radical (unpaired) electrons. The molecule has 0 N–H and O–H groups in total. The van der Waals surface area contributed by atoms with E-state index in [0.717, 1.165) is 37.0 Å². The number of carbonyl (C=O) groups is 3. The summed E-state index contributed by atoms with van der Waals surface area (Å²) in [6.07, 6.45) is 18.5. The monoisotopic (exact) mass is 448 g/mol. The zero-order valence-electron chi connectivity index (χ0n) is 18.6. The summed E-state index contributed by atoms with van der Waals surface area (Å²) in [5, 5.41) is 0. The van der Waals surface area contributed by atoms with Gasteiger partial charge >= 0.3 is 17.9 Å². The lowest BCUT2D eigenvalue weighted by molar-refractivity contribution is -0.138. The molecule has 6 nitrogen and oxygen atoms in total. The van der Waals surface area contributed by atoms with Crippen molar-refractivity contribution in [2.75, 3.05) is 6.61 Å². The second-order valence-corrected chi connectivity index (χ2v) is 7.80. The first-order valence-corrected chi connectivity index (χ1v) is 11.0. The molecular weight excluding hydrogens is 420 g/mol. The molecule has 0 aromatic rings. The van der Waals surface area contributed by atoms with Gasteiger partial charge in [-0.1, -0.05) is 43.0 Å². The molecule has 0 saturated carbocycles. The molecule has 0 fully saturated rings. The third-order valence-corrected chi connectivity index (χ3v) is 5.59. The van der Waals surface area contributed by atoms with Gasteiger partial charge in [0.25, 0.3) is 0 Å². The fourth-order valence-corrected chi connectivity index (χ4v) is 3.70. The number of carbonyl (C=O) groups excluding carboxylic acids is 3. The molecule has 0 amide bonds. The Morgan fingerprint density at radius 2 is 1.36 bits per heavy atom. The third kappa shape index (κ3) is 7.17. The highest BCUT2D eigenvalue weighted by Crippen LogP contribution is 2.32. The van der Waals surface area contributed by atoms with Crippen LogP contribution in [0.4, 0.5) is 0 Å². The first-order chi connectivity index (χ1) is 16.0. The highest BCUT2D eigenvalue weighted by atomic mass is 16.5. The minimum absolute atomic E-state index is 0.314. The largest absolute Gasteiger partial charge is 0.462 e. The SMILES string of the molecule is C=CC(=O)OCCC1=CC=C(OC(=O)C2=CC=C(C3=CC=C(OC(=O)C=C)CC3)CC2)CC1. The molecule has 3 aliphatic carbocycles. The van der Waals surface area contributed by atoms with Crippen LogP contribution in [0, 0.1) is 0 Å². The number of rotatable bonds is 9. The van der Waals surface area contributed by atoms with Crippen molar-refractivity contribution in [1.82, 2.24) is 0 Å². The quantitative estimate of drug-likeness (QED) is 0.273. The summed E-state index contributed by atoms with van der Waals surface area (Å²) < 4.78 is 15.7. The molecule has 0 aliphatic heterocycles. The van der Waals surface area contributed by atoms with Crippen LogP contribution in [-0.2, 0) is 28.6 Å². The van der Waals surface area contributed by atoms with Gasteiger partial charge in [-0.25, -0.2) is 14.4 Å². The first-order valence-electron chi connectivity index (χ1n) is 11.0. The van der Waals surface area contributed by atoms with Crippen molar-refractivity contribution in [3.05, 3.63) is 95.6 Å². The minimum Gasteiger partial charge on any atom is -0.462 e. The molecule has 0 saturated heterocycles. The predicted molar refractivity (Wildman–Crippen MR) is 124 cm³/mol. The zero-order chi connectivity index (χ0) is 23.6. The second-order valence-electron chi connectivity index (χ2n) is 7.80. The average Bonchev–Trinajstić information content (AvgIpc) is 2.85. The van der Waals surface area contributed by atoms with Crippen molar-refractivity contribution < 1.29 is 28.6 Å². The van der Waals surface area contributed by atoms with E-state index in [1.54, 1.807) is 0 Å². The Morgan fingerprint density at radius 3 is 1.94 bits per heavy atom. The van der Waals surface area contributed by atoms with Gasteiger partial charge in [0.1, 0.15) is 11.5 Å². The lowest BCUT2D eigenvalue weighted by Gasteiger charge is -2.20. The Hall–Kier alpha value is -3.67. The molecular formula is C27H28O6. The summed E-state index contributed by atoms with van der Waals surface area (Å²) in [4.78, 5) is 34.9. The summed E-state index contributed by atoms with van der Waals surface area (Å²) in [7, 11) is 0. The van der Waals surface area contributed by atoms with E-state index in [-0.39, 0.29) is 5.97 Å². The second kappa shape index (κ2) is 11.8. The number of hydrogen-bond acceptors (Lipinski definition) is 6. The Morgan fingerprint density at radius 1 is 0.727 bits per heavy atom. The van der Waals surface area contributed by atoms with Gasteiger partial charge in [0, 0.05) is 37.0 Å². The van der Waals surface area contributed by atoms with E-state index in [0.29, 0.717) is 49.4 Å². The molecule has 6 heteroatoms. The van der Waals surface area contributed by atoms with Crippen molar-refractivity contribution in [3.63, 3.8) is 0 Å². The molecule has 3 rings (SSSR count). The summed E-state index contributed by atoms with van der Waals surface area (Å²) in [6, 6.07) is 0. The van der Waals surface area contributed by atoms with Gasteiger partial charge in [0.2, 0.25) is 0 Å². The molecule has 0 bridgehead atoms. The average molecular weight is 449 g/mol. The predicted octanol–water partition coefficient (Wildman–Crippen LogP) is 5.23. The highest BCUT2D eigenvalue weighted by Gasteiger charge is 2.20. The topological polar surface area (TPSA) is 78.9 Å². The number of esters is 3. The van der Waals surface area contributed by atoms with Gasteiger partial charge in [0.05, 0.1) is 6.61 Å². The Kier molecular flexibility index (Phi) is 8.58. The third-order valence-electron chi connectivity index (χ3n) is 5.59. The maximum absolute atomic E-state index is 12.6. The molecule has 0 aromatic carbocycles. The van der Waals surface area contributed by atoms with Crippen LogP contribution in [0.1, 0.15) is 44.9 Å². The normalized spacial score (nSPS) is 17.7. The van der Waals surface area contributed by atoms with Crippen LogP contribution in [0.3, 0.4) is 0 Å². The van der Waals surface area contributed by atoms with Crippen LogP contribution < -0.4 is 0 Å². The molecule has 3 aliphatic rings. The highest BCUT2D eigenvalue weighted by molar-refractivity contribution is 5.90. The van der Waals surface area contributed by atoms with Crippen molar-refractivity contribution in [3.8, 4) is 0 Å². The lowest BCUT2D eigenvalue weighted by atomic mass is 9.89. The van der Waals surface area contributed by atoms with Gasteiger partial charge in [-0.3, -0.25) is 0 Å². The standard InChI is InChI=1S/C27H28O6/c1-3-25(28)31-18-17-19-5-13-24(14-6-19)33-27(30)22-9-7-20(8-10-22)21-11-15-23(16-12-21)32-26(29)4-2/h3-5,7,9,11,13,15H,1-2,6,8,10,12,14,16-18H2. The van der Waals surface area contributed by atoms with Crippen LogP contribution >= 0.6 is 0 Å². The number of allylic oxidation sites excluding steroid dienone is 10. The molecule has 0 aromatic heterocycles. The fraction of sp³-hybridized carbons (Fsp3) is 0.296. The molecule has 0 spiro atoms. The van der Waals surface area contributed by atoms with E-state index in [1.165, 1.54) is 11.1 Å². The van der Waals surface area contributed by atoms with Crippen LogP contribution in [-0.4, -0.2) is 24.5 Å². The van der Waals surface area contributed by atoms with Crippen molar-refractivity contribution in [2.24, 2.45) is 0 Å². The van der Waals surface area contributed by atoms with Gasteiger partial charge in [-0.15, -0.1) is 0 Å². The molecule has 0 atom stereocenters. The number of hydrogen-bond donors (Lipinski definition) is 0. The van der Waals surface area contributed by atoms with E-state index < -0.39 is 11.9 Å². The van der Waals surface area contributed by atoms with Gasteiger partial charge in [-0.2, -0.15) is 0 Å². The maximum Gasteiger partial charge on any atom is 0.339 e. The van der Waals surface area contributed by atoms with Gasteiger partial charge in [-0.05, 0) is 49.0 Å². The van der Waals surface area contributed by atoms with Crippen LogP contribution in [0.15, 0.2) is 95.6 Å².